The van der Waals surface area contributed by atoms with E-state index in [-0.39, 0.29) is 0 Å². The second-order valence-electron chi connectivity index (χ2n) is 3.29. The first kappa shape index (κ1) is 10.5. The van der Waals surface area contributed by atoms with Gasteiger partial charge in [-0.15, -0.1) is 0 Å². The minimum Gasteiger partial charge on any atom is -0.486 e. The van der Waals surface area contributed by atoms with E-state index in [2.05, 4.69) is 15.9 Å². The maximum Gasteiger partial charge on any atom is 0.162 e. The van der Waals surface area contributed by atoms with Crippen LogP contribution in [-0.2, 0) is 11.2 Å². The minimum atomic E-state index is 0.526. The highest BCUT2D eigenvalue weighted by Gasteiger charge is 2.14. The topological polar surface area (TPSA) is 35.5 Å². The van der Waals surface area contributed by atoms with Gasteiger partial charge >= 0.3 is 0 Å². The Morgan fingerprint density at radius 3 is 2.60 bits per heavy atom. The zero-order valence-electron chi connectivity index (χ0n) is 8.16. The molecule has 0 radical (unpaired) electrons. The average Bonchev–Trinajstić information content (AvgIpc) is 2.26. The van der Waals surface area contributed by atoms with Crippen LogP contribution in [0.15, 0.2) is 16.6 Å². The number of aldehydes is 1. The normalized spacial score (nSPS) is 13.7. The molecular formula is C11H11BrO3. The second kappa shape index (κ2) is 4.66. The van der Waals surface area contributed by atoms with Crippen molar-refractivity contribution < 1.29 is 14.3 Å². The molecule has 0 atom stereocenters. The molecule has 80 valence electrons. The van der Waals surface area contributed by atoms with Gasteiger partial charge in [0.25, 0.3) is 0 Å². The predicted octanol–water partition coefficient (Wildman–Crippen LogP) is 2.35. The highest BCUT2D eigenvalue weighted by atomic mass is 79.9. The molecular weight excluding hydrogens is 260 g/mol. The van der Waals surface area contributed by atoms with E-state index in [1.54, 1.807) is 0 Å². The van der Waals surface area contributed by atoms with E-state index < -0.39 is 0 Å². The summed E-state index contributed by atoms with van der Waals surface area (Å²) in [6.45, 7) is 1.18. The van der Waals surface area contributed by atoms with Gasteiger partial charge in [-0.25, -0.2) is 0 Å². The lowest BCUT2D eigenvalue weighted by atomic mass is 10.1. The van der Waals surface area contributed by atoms with Gasteiger partial charge in [-0.2, -0.15) is 0 Å². The summed E-state index contributed by atoms with van der Waals surface area (Å²) in [6, 6.07) is 3.83. The molecule has 2 rings (SSSR count). The Kier molecular flexibility index (Phi) is 3.26. The Morgan fingerprint density at radius 1 is 1.27 bits per heavy atom. The number of carbonyl (C=O) groups excluding carboxylic acids is 1. The fourth-order valence-corrected chi connectivity index (χ4v) is 2.03. The number of hydrogen-bond acceptors (Lipinski definition) is 3. The number of fused-ring (bicyclic) bond motifs is 1. The molecule has 1 aromatic rings. The molecule has 0 bridgehead atoms. The van der Waals surface area contributed by atoms with Crippen LogP contribution in [0.2, 0.25) is 0 Å². The highest BCUT2D eigenvalue weighted by molar-refractivity contribution is 9.10. The number of benzene rings is 1. The van der Waals surface area contributed by atoms with Crippen molar-refractivity contribution in [2.24, 2.45) is 0 Å². The molecule has 1 aliphatic heterocycles. The van der Waals surface area contributed by atoms with E-state index in [0.29, 0.717) is 19.6 Å². The van der Waals surface area contributed by atoms with Crippen LogP contribution in [0.25, 0.3) is 0 Å². The molecule has 3 nitrogen and oxygen atoms in total. The standard InChI is InChI=1S/C11H11BrO3/c12-9-7-11-10(14-4-5-15-11)6-8(9)2-1-3-13/h3,6-7H,1-2,4-5H2. The molecule has 4 heteroatoms. The first-order chi connectivity index (χ1) is 7.31. The van der Waals surface area contributed by atoms with Gasteiger partial charge in [-0.1, -0.05) is 15.9 Å². The first-order valence-corrected chi connectivity index (χ1v) is 5.62. The first-order valence-electron chi connectivity index (χ1n) is 4.83. The summed E-state index contributed by atoms with van der Waals surface area (Å²) in [4.78, 5) is 10.3. The zero-order valence-corrected chi connectivity index (χ0v) is 9.75. The summed E-state index contributed by atoms with van der Waals surface area (Å²) in [5.41, 5.74) is 1.08. The summed E-state index contributed by atoms with van der Waals surface area (Å²) >= 11 is 3.45. The molecule has 0 aromatic heterocycles. The smallest absolute Gasteiger partial charge is 0.162 e. The molecule has 1 aromatic carbocycles. The molecule has 0 saturated heterocycles. The quantitative estimate of drug-likeness (QED) is 0.791. The van der Waals surface area contributed by atoms with Gasteiger partial charge in [-0.3, -0.25) is 0 Å². The van der Waals surface area contributed by atoms with E-state index in [1.165, 1.54) is 0 Å². The van der Waals surface area contributed by atoms with Crippen molar-refractivity contribution in [3.05, 3.63) is 22.2 Å². The van der Waals surface area contributed by atoms with E-state index >= 15 is 0 Å². The Hall–Kier alpha value is -1.03. The van der Waals surface area contributed by atoms with Gasteiger partial charge in [0, 0.05) is 10.9 Å². The van der Waals surface area contributed by atoms with E-state index in [9.17, 15) is 4.79 Å². The van der Waals surface area contributed by atoms with Crippen LogP contribution in [-0.4, -0.2) is 19.5 Å². The van der Waals surface area contributed by atoms with E-state index in [1.807, 2.05) is 12.1 Å². The number of rotatable bonds is 3. The van der Waals surface area contributed by atoms with Crippen molar-refractivity contribution in [1.82, 2.24) is 0 Å². The SMILES string of the molecule is O=CCCc1cc2c(cc1Br)OCCO2. The van der Waals surface area contributed by atoms with Gasteiger partial charge in [0.15, 0.2) is 11.5 Å². The van der Waals surface area contributed by atoms with Crippen LogP contribution in [0.3, 0.4) is 0 Å². The summed E-state index contributed by atoms with van der Waals surface area (Å²) in [6.07, 6.45) is 2.17. The molecule has 1 heterocycles. The van der Waals surface area contributed by atoms with Gasteiger partial charge in [0.05, 0.1) is 0 Å². The number of halogens is 1. The highest BCUT2D eigenvalue weighted by Crippen LogP contribution is 2.35. The monoisotopic (exact) mass is 270 g/mol. The summed E-state index contributed by atoms with van der Waals surface area (Å²) < 4.78 is 11.9. The number of carbonyl (C=O) groups is 1. The minimum absolute atomic E-state index is 0.526. The molecule has 0 aliphatic carbocycles. The Labute approximate surface area is 96.5 Å². The van der Waals surface area contributed by atoms with Crippen molar-refractivity contribution in [2.45, 2.75) is 12.8 Å². The molecule has 0 saturated carbocycles. The van der Waals surface area contributed by atoms with Gasteiger partial charge in [0.1, 0.15) is 19.5 Å². The maximum absolute atomic E-state index is 10.3. The van der Waals surface area contributed by atoms with Crippen LogP contribution in [0.1, 0.15) is 12.0 Å². The molecule has 15 heavy (non-hydrogen) atoms. The number of hydrogen-bond donors (Lipinski definition) is 0. The summed E-state index contributed by atoms with van der Waals surface area (Å²) in [5, 5.41) is 0. The zero-order chi connectivity index (χ0) is 10.7. The average molecular weight is 271 g/mol. The molecule has 0 amide bonds. The molecule has 0 unspecified atom stereocenters. The maximum atomic E-state index is 10.3. The lowest BCUT2D eigenvalue weighted by molar-refractivity contribution is -0.107. The summed E-state index contributed by atoms with van der Waals surface area (Å²) in [7, 11) is 0. The van der Waals surface area contributed by atoms with Crippen LogP contribution >= 0.6 is 15.9 Å². The van der Waals surface area contributed by atoms with Crippen molar-refractivity contribution in [2.75, 3.05) is 13.2 Å². The summed E-state index contributed by atoms with van der Waals surface area (Å²) in [5.74, 6) is 1.54. The van der Waals surface area contributed by atoms with Crippen LogP contribution in [0.4, 0.5) is 0 Å². The molecule has 0 spiro atoms. The molecule has 1 aliphatic rings. The Morgan fingerprint density at radius 2 is 1.93 bits per heavy atom. The van der Waals surface area contributed by atoms with E-state index in [4.69, 9.17) is 9.47 Å². The van der Waals surface area contributed by atoms with Crippen molar-refractivity contribution >= 4 is 22.2 Å². The fraction of sp³-hybridized carbons (Fsp3) is 0.364. The third-order valence-electron chi connectivity index (χ3n) is 2.24. The largest absolute Gasteiger partial charge is 0.486 e. The third kappa shape index (κ3) is 2.31. The fourth-order valence-electron chi connectivity index (χ4n) is 1.51. The Bertz CT molecular complexity index is 376. The molecule has 0 fully saturated rings. The van der Waals surface area contributed by atoms with E-state index in [0.717, 1.165) is 34.2 Å². The van der Waals surface area contributed by atoms with Crippen molar-refractivity contribution in [3.63, 3.8) is 0 Å². The second-order valence-corrected chi connectivity index (χ2v) is 4.15. The molecule has 0 N–H and O–H groups in total. The lowest BCUT2D eigenvalue weighted by Crippen LogP contribution is -2.15. The lowest BCUT2D eigenvalue weighted by Gasteiger charge is -2.19. The van der Waals surface area contributed by atoms with Gasteiger partial charge < -0.3 is 14.3 Å². The van der Waals surface area contributed by atoms with Gasteiger partial charge in [-0.05, 0) is 24.1 Å². The van der Waals surface area contributed by atoms with Crippen LogP contribution < -0.4 is 9.47 Å². The van der Waals surface area contributed by atoms with Crippen LogP contribution in [0, 0.1) is 0 Å². The van der Waals surface area contributed by atoms with Crippen molar-refractivity contribution in [3.8, 4) is 11.5 Å². The number of ether oxygens (including phenoxy) is 2. The third-order valence-corrected chi connectivity index (χ3v) is 2.98. The van der Waals surface area contributed by atoms with Crippen molar-refractivity contribution in [1.29, 1.82) is 0 Å². The predicted molar refractivity (Wildman–Crippen MR) is 59.5 cm³/mol. The Balaban J connectivity index is 2.27. The van der Waals surface area contributed by atoms with Crippen LogP contribution in [0.5, 0.6) is 11.5 Å². The van der Waals surface area contributed by atoms with Gasteiger partial charge in [0.2, 0.25) is 0 Å². The number of aryl methyl sites for hydroxylation is 1.